The number of aliphatic hydroxyl groups excluding tert-OH is 1. The smallest absolute Gasteiger partial charge is 0.0939 e. The number of hydrogen-bond acceptors (Lipinski definition) is 3. The minimum Gasteiger partial charge on any atom is -0.388 e. The lowest BCUT2D eigenvalue weighted by molar-refractivity contribution is 0.162. The zero-order chi connectivity index (χ0) is 13.9. The van der Waals surface area contributed by atoms with E-state index in [2.05, 4.69) is 13.8 Å². The summed E-state index contributed by atoms with van der Waals surface area (Å²) in [6.07, 6.45) is 2.03. The van der Waals surface area contributed by atoms with Crippen LogP contribution in [0.3, 0.4) is 0 Å². The average molecular weight is 298 g/mol. The lowest BCUT2D eigenvalue weighted by Crippen LogP contribution is -2.30. The molecule has 1 saturated heterocycles. The number of rotatable bonds is 5. The molecular weight excluding hydrogens is 276 g/mol. The van der Waals surface area contributed by atoms with E-state index in [1.54, 1.807) is 11.8 Å². The predicted octanol–water partition coefficient (Wildman–Crippen LogP) is 3.49. The molecule has 0 bridgehead atoms. The van der Waals surface area contributed by atoms with Gasteiger partial charge in [-0.25, -0.2) is 0 Å². The SMILES string of the molecule is CC(C)S[C@@]1(C[C@@H](O)c2ccccc2)CCCS1=O. The molecule has 2 rings (SSSR count). The lowest BCUT2D eigenvalue weighted by Gasteiger charge is -2.31. The van der Waals surface area contributed by atoms with Crippen LogP contribution in [0.1, 0.15) is 44.8 Å². The monoisotopic (exact) mass is 298 g/mol. The fourth-order valence-corrected chi connectivity index (χ4v) is 6.77. The van der Waals surface area contributed by atoms with Crippen molar-refractivity contribution in [2.45, 2.75) is 48.5 Å². The van der Waals surface area contributed by atoms with Gasteiger partial charge in [0.2, 0.25) is 0 Å². The van der Waals surface area contributed by atoms with Crippen molar-refractivity contribution in [3.05, 3.63) is 35.9 Å². The van der Waals surface area contributed by atoms with E-state index in [0.717, 1.165) is 24.2 Å². The van der Waals surface area contributed by atoms with Crippen molar-refractivity contribution in [2.75, 3.05) is 5.75 Å². The van der Waals surface area contributed by atoms with Gasteiger partial charge in [-0.05, 0) is 18.4 Å². The first-order chi connectivity index (χ1) is 9.03. The molecule has 0 saturated carbocycles. The van der Waals surface area contributed by atoms with Crippen LogP contribution in [0.25, 0.3) is 0 Å². The van der Waals surface area contributed by atoms with E-state index in [0.29, 0.717) is 11.7 Å². The molecule has 19 heavy (non-hydrogen) atoms. The second kappa shape index (κ2) is 6.42. The van der Waals surface area contributed by atoms with Crippen molar-refractivity contribution in [3.63, 3.8) is 0 Å². The summed E-state index contributed by atoms with van der Waals surface area (Å²) in [5.41, 5.74) is 0.926. The van der Waals surface area contributed by atoms with Gasteiger partial charge in [0.1, 0.15) is 0 Å². The molecule has 0 amide bonds. The number of aliphatic hydroxyl groups is 1. The minimum atomic E-state index is -0.831. The highest BCUT2D eigenvalue weighted by Crippen LogP contribution is 2.47. The summed E-state index contributed by atoms with van der Waals surface area (Å²) < 4.78 is 12.1. The van der Waals surface area contributed by atoms with Crippen LogP contribution in [0.2, 0.25) is 0 Å². The maximum atomic E-state index is 12.4. The first-order valence-electron chi connectivity index (χ1n) is 6.83. The molecular formula is C15H22O2S2. The van der Waals surface area contributed by atoms with E-state index >= 15 is 0 Å². The second-order valence-electron chi connectivity index (χ2n) is 5.36. The third kappa shape index (κ3) is 3.61. The van der Waals surface area contributed by atoms with Gasteiger partial charge >= 0.3 is 0 Å². The Kier molecular flexibility index (Phi) is 5.09. The minimum absolute atomic E-state index is 0.260. The van der Waals surface area contributed by atoms with Gasteiger partial charge in [-0.1, -0.05) is 44.2 Å². The molecule has 1 unspecified atom stereocenters. The molecule has 1 heterocycles. The molecule has 1 aliphatic rings. The Bertz CT molecular complexity index is 433. The zero-order valence-electron chi connectivity index (χ0n) is 11.5. The molecule has 1 aromatic carbocycles. The largest absolute Gasteiger partial charge is 0.388 e. The van der Waals surface area contributed by atoms with E-state index in [9.17, 15) is 9.32 Å². The van der Waals surface area contributed by atoms with E-state index in [1.807, 2.05) is 30.3 Å². The highest BCUT2D eigenvalue weighted by atomic mass is 32.2. The van der Waals surface area contributed by atoms with Crippen molar-refractivity contribution < 1.29 is 9.32 Å². The van der Waals surface area contributed by atoms with Crippen molar-refractivity contribution in [1.82, 2.24) is 0 Å². The third-order valence-electron chi connectivity index (χ3n) is 3.44. The predicted molar refractivity (Wildman–Crippen MR) is 83.7 cm³/mol. The van der Waals surface area contributed by atoms with Crippen molar-refractivity contribution in [3.8, 4) is 0 Å². The van der Waals surface area contributed by atoms with Gasteiger partial charge in [-0.3, -0.25) is 4.21 Å². The highest BCUT2D eigenvalue weighted by Gasteiger charge is 2.43. The molecule has 0 spiro atoms. The first-order valence-corrected chi connectivity index (χ1v) is 9.03. The van der Waals surface area contributed by atoms with Crippen LogP contribution in [0.4, 0.5) is 0 Å². The van der Waals surface area contributed by atoms with Crippen LogP contribution in [0.15, 0.2) is 30.3 Å². The summed E-state index contributed by atoms with van der Waals surface area (Å²) in [4.78, 5) is 0. The van der Waals surface area contributed by atoms with Crippen LogP contribution in [0, 0.1) is 0 Å². The van der Waals surface area contributed by atoms with Crippen LogP contribution in [-0.2, 0) is 10.8 Å². The molecule has 1 aromatic rings. The number of benzene rings is 1. The first kappa shape index (κ1) is 15.1. The Labute approximate surface area is 122 Å². The van der Waals surface area contributed by atoms with E-state index in [4.69, 9.17) is 0 Å². The fraction of sp³-hybridized carbons (Fsp3) is 0.600. The molecule has 1 fully saturated rings. The maximum absolute atomic E-state index is 12.4. The average Bonchev–Trinajstić information content (AvgIpc) is 2.71. The quantitative estimate of drug-likeness (QED) is 0.904. The molecule has 0 radical (unpaired) electrons. The Hall–Kier alpha value is -0.320. The molecule has 106 valence electrons. The fourth-order valence-electron chi connectivity index (χ4n) is 2.65. The molecule has 2 nitrogen and oxygen atoms in total. The van der Waals surface area contributed by atoms with Gasteiger partial charge in [0.05, 0.1) is 10.2 Å². The van der Waals surface area contributed by atoms with E-state index in [1.165, 1.54) is 0 Å². The summed E-state index contributed by atoms with van der Waals surface area (Å²) in [5, 5.41) is 10.9. The Balaban J connectivity index is 2.15. The lowest BCUT2D eigenvalue weighted by atomic mass is 10.0. The van der Waals surface area contributed by atoms with Crippen molar-refractivity contribution >= 4 is 22.6 Å². The van der Waals surface area contributed by atoms with Gasteiger partial charge < -0.3 is 5.11 Å². The Morgan fingerprint density at radius 3 is 2.58 bits per heavy atom. The summed E-state index contributed by atoms with van der Waals surface area (Å²) in [6, 6.07) is 9.70. The number of thioether (sulfide) groups is 1. The van der Waals surface area contributed by atoms with Gasteiger partial charge in [-0.15, -0.1) is 11.8 Å². The summed E-state index contributed by atoms with van der Waals surface area (Å²) in [7, 11) is -0.831. The molecule has 1 aliphatic heterocycles. The van der Waals surface area contributed by atoms with E-state index < -0.39 is 16.9 Å². The highest BCUT2D eigenvalue weighted by molar-refractivity contribution is 8.13. The van der Waals surface area contributed by atoms with Crippen LogP contribution < -0.4 is 0 Å². The van der Waals surface area contributed by atoms with Gasteiger partial charge in [0.15, 0.2) is 0 Å². The molecule has 4 heteroatoms. The standard InChI is InChI=1S/C15H22O2S2/c1-12(2)18-15(9-6-10-19(15)17)11-14(16)13-7-4-3-5-8-13/h3-5,7-8,12,14,16H,6,9-11H2,1-2H3/t14-,15+,19?/m1/s1. The Morgan fingerprint density at radius 1 is 1.37 bits per heavy atom. The van der Waals surface area contributed by atoms with Crippen LogP contribution >= 0.6 is 11.8 Å². The summed E-state index contributed by atoms with van der Waals surface area (Å²) in [6.45, 7) is 4.27. The van der Waals surface area contributed by atoms with Crippen molar-refractivity contribution in [1.29, 1.82) is 0 Å². The maximum Gasteiger partial charge on any atom is 0.0939 e. The normalized spacial score (nSPS) is 28.7. The zero-order valence-corrected chi connectivity index (χ0v) is 13.2. The van der Waals surface area contributed by atoms with Gasteiger partial charge in [-0.2, -0.15) is 0 Å². The Morgan fingerprint density at radius 2 is 2.05 bits per heavy atom. The molecule has 0 aromatic heterocycles. The van der Waals surface area contributed by atoms with Crippen LogP contribution in [0.5, 0.6) is 0 Å². The van der Waals surface area contributed by atoms with E-state index in [-0.39, 0.29) is 4.08 Å². The molecule has 3 atom stereocenters. The molecule has 0 aliphatic carbocycles. The topological polar surface area (TPSA) is 37.3 Å². The van der Waals surface area contributed by atoms with Crippen molar-refractivity contribution in [2.24, 2.45) is 0 Å². The number of hydrogen-bond donors (Lipinski definition) is 1. The summed E-state index contributed by atoms with van der Waals surface area (Å²) in [5.74, 6) is 0.779. The van der Waals surface area contributed by atoms with Gasteiger partial charge in [0.25, 0.3) is 0 Å². The summed E-state index contributed by atoms with van der Waals surface area (Å²) >= 11 is 1.78. The third-order valence-corrected chi connectivity index (χ3v) is 7.42. The molecule has 1 N–H and O–H groups in total. The van der Waals surface area contributed by atoms with Crippen LogP contribution in [-0.4, -0.2) is 24.4 Å². The van der Waals surface area contributed by atoms with Gasteiger partial charge in [0, 0.05) is 28.2 Å². The second-order valence-corrected chi connectivity index (χ2v) is 9.46.